The van der Waals surface area contributed by atoms with E-state index in [0.29, 0.717) is 18.6 Å². The fourth-order valence-corrected chi connectivity index (χ4v) is 3.85. The molecule has 156 valence electrons. The third-order valence-corrected chi connectivity index (χ3v) is 5.10. The largest absolute Gasteiger partial charge is 0.506 e. The summed E-state index contributed by atoms with van der Waals surface area (Å²) in [7, 11) is 0. The van der Waals surface area contributed by atoms with Gasteiger partial charge in [-0.25, -0.2) is 10.1 Å². The van der Waals surface area contributed by atoms with Gasteiger partial charge in [0.25, 0.3) is 5.91 Å². The topological polar surface area (TPSA) is 79.5 Å². The second-order valence-electron chi connectivity index (χ2n) is 5.82. The minimum Gasteiger partial charge on any atom is -0.506 e. The molecule has 1 heterocycles. The number of aromatic nitrogens is 2. The number of benzene rings is 2. The van der Waals surface area contributed by atoms with Gasteiger partial charge >= 0.3 is 6.18 Å². The van der Waals surface area contributed by atoms with Crippen LogP contribution >= 0.6 is 43.5 Å². The number of hydrogen-bond donors (Lipinski definition) is 2. The summed E-state index contributed by atoms with van der Waals surface area (Å²) in [5.74, 6) is -1.27. The van der Waals surface area contributed by atoms with E-state index in [0.717, 1.165) is 12.4 Å². The molecule has 0 aliphatic carbocycles. The summed E-state index contributed by atoms with van der Waals surface area (Å²) in [6, 6.07) is 8.61. The van der Waals surface area contributed by atoms with Crippen molar-refractivity contribution in [2.75, 3.05) is 0 Å². The molecular formula is C18H10Br2ClF3N4O2. The van der Waals surface area contributed by atoms with Crippen molar-refractivity contribution in [1.29, 1.82) is 0 Å². The number of amides is 1. The van der Waals surface area contributed by atoms with Gasteiger partial charge in [-0.15, -0.1) is 0 Å². The highest BCUT2D eigenvalue weighted by atomic mass is 79.9. The SMILES string of the molecule is O=C(N/N=C/c1cc(Br)cc(Br)c1O)c1cnn(-c2ccc(Cl)cc2)c1C(F)(F)F. The van der Waals surface area contributed by atoms with Crippen molar-refractivity contribution in [2.24, 2.45) is 5.10 Å². The number of aromatic hydroxyl groups is 1. The number of carbonyl (C=O) groups is 1. The maximum absolute atomic E-state index is 13.6. The van der Waals surface area contributed by atoms with Gasteiger partial charge in [-0.2, -0.15) is 23.4 Å². The molecule has 0 aliphatic heterocycles. The first-order valence-corrected chi connectivity index (χ1v) is 9.97. The number of carbonyl (C=O) groups excluding carboxylic acids is 1. The maximum atomic E-state index is 13.6. The molecule has 2 aromatic carbocycles. The Bertz CT molecular complexity index is 1130. The standard InChI is InChI=1S/C18H10Br2ClF3N4O2/c19-10-5-9(15(29)14(20)6-10)7-25-27-17(30)13-8-26-28(16(13)18(22,23)24)12-3-1-11(21)2-4-12/h1-8,29H,(H,27,30)/b25-7+. The zero-order valence-electron chi connectivity index (χ0n) is 14.6. The molecule has 0 radical (unpaired) electrons. The predicted molar refractivity (Wildman–Crippen MR) is 112 cm³/mol. The Morgan fingerprint density at radius 2 is 1.90 bits per heavy atom. The molecule has 12 heteroatoms. The lowest BCUT2D eigenvalue weighted by Crippen LogP contribution is -2.23. The second-order valence-corrected chi connectivity index (χ2v) is 8.02. The average molecular weight is 567 g/mol. The first kappa shape index (κ1) is 22.3. The van der Waals surface area contributed by atoms with Gasteiger partial charge in [-0.05, 0) is 52.3 Å². The van der Waals surface area contributed by atoms with Gasteiger partial charge in [-0.1, -0.05) is 27.5 Å². The highest BCUT2D eigenvalue weighted by Gasteiger charge is 2.40. The van der Waals surface area contributed by atoms with Crippen LogP contribution in [0.2, 0.25) is 5.02 Å². The average Bonchev–Trinajstić information content (AvgIpc) is 3.12. The van der Waals surface area contributed by atoms with Gasteiger partial charge in [0, 0.05) is 15.1 Å². The van der Waals surface area contributed by atoms with E-state index in [9.17, 15) is 23.1 Å². The van der Waals surface area contributed by atoms with Crippen LogP contribution in [0, 0.1) is 0 Å². The monoisotopic (exact) mass is 564 g/mol. The van der Waals surface area contributed by atoms with Crippen molar-refractivity contribution in [3.8, 4) is 11.4 Å². The molecule has 3 rings (SSSR count). The normalized spacial score (nSPS) is 11.8. The minimum atomic E-state index is -4.86. The third-order valence-electron chi connectivity index (χ3n) is 3.78. The van der Waals surface area contributed by atoms with Crippen LogP contribution in [-0.2, 0) is 6.18 Å². The number of phenolic OH excluding ortho intramolecular Hbond substituents is 1. The maximum Gasteiger partial charge on any atom is 0.434 e. The summed E-state index contributed by atoms with van der Waals surface area (Å²) in [4.78, 5) is 12.3. The number of nitrogens with one attached hydrogen (secondary N) is 1. The molecule has 3 aromatic rings. The summed E-state index contributed by atoms with van der Waals surface area (Å²) in [6.45, 7) is 0. The first-order chi connectivity index (χ1) is 14.1. The lowest BCUT2D eigenvalue weighted by molar-refractivity contribution is -0.143. The van der Waals surface area contributed by atoms with Crippen LogP contribution in [0.3, 0.4) is 0 Å². The predicted octanol–water partition coefficient (Wildman–Crippen LogP) is 5.54. The Labute approximate surface area is 189 Å². The van der Waals surface area contributed by atoms with Gasteiger partial charge < -0.3 is 5.11 Å². The summed E-state index contributed by atoms with van der Waals surface area (Å²) >= 11 is 12.1. The van der Waals surface area contributed by atoms with E-state index in [4.69, 9.17) is 11.6 Å². The molecule has 0 bridgehead atoms. The number of alkyl halides is 3. The van der Waals surface area contributed by atoms with Crippen LogP contribution in [0.25, 0.3) is 5.69 Å². The number of nitrogens with zero attached hydrogens (tertiary/aromatic N) is 3. The second kappa shape index (κ2) is 8.78. The van der Waals surface area contributed by atoms with E-state index < -0.39 is 23.3 Å². The molecule has 30 heavy (non-hydrogen) atoms. The van der Waals surface area contributed by atoms with E-state index in [1.165, 1.54) is 30.3 Å². The molecule has 6 nitrogen and oxygen atoms in total. The molecular weight excluding hydrogens is 556 g/mol. The lowest BCUT2D eigenvalue weighted by atomic mass is 10.2. The summed E-state index contributed by atoms with van der Waals surface area (Å²) in [5, 5.41) is 17.6. The van der Waals surface area contributed by atoms with Gasteiger partial charge in [0.05, 0.1) is 28.1 Å². The quantitative estimate of drug-likeness (QED) is 0.322. The minimum absolute atomic E-state index is 0.0817. The van der Waals surface area contributed by atoms with Crippen molar-refractivity contribution in [1.82, 2.24) is 15.2 Å². The number of hydrogen-bond acceptors (Lipinski definition) is 4. The van der Waals surface area contributed by atoms with Crippen molar-refractivity contribution < 1.29 is 23.1 Å². The van der Waals surface area contributed by atoms with Crippen LogP contribution in [0.15, 0.2) is 56.6 Å². The van der Waals surface area contributed by atoms with Crippen molar-refractivity contribution >= 4 is 55.6 Å². The Morgan fingerprint density at radius 3 is 2.53 bits per heavy atom. The van der Waals surface area contributed by atoms with Gasteiger partial charge in [0.15, 0.2) is 5.69 Å². The van der Waals surface area contributed by atoms with Crippen LogP contribution < -0.4 is 5.43 Å². The Hall–Kier alpha value is -2.37. The summed E-state index contributed by atoms with van der Waals surface area (Å²) in [5.41, 5.74) is 0.350. The fourth-order valence-electron chi connectivity index (χ4n) is 2.47. The number of hydrazone groups is 1. The third kappa shape index (κ3) is 4.85. The number of rotatable bonds is 4. The van der Waals surface area contributed by atoms with E-state index in [1.54, 1.807) is 6.07 Å². The number of phenols is 1. The Balaban J connectivity index is 1.90. The molecule has 0 atom stereocenters. The van der Waals surface area contributed by atoms with Gasteiger partial charge in [-0.3, -0.25) is 4.79 Å². The molecule has 1 amide bonds. The lowest BCUT2D eigenvalue weighted by Gasteiger charge is -2.12. The Kier molecular flexibility index (Phi) is 6.53. The molecule has 0 aliphatic rings. The summed E-state index contributed by atoms with van der Waals surface area (Å²) in [6.07, 6.45) is -2.96. The molecule has 0 unspecified atom stereocenters. The Morgan fingerprint density at radius 1 is 1.23 bits per heavy atom. The first-order valence-electron chi connectivity index (χ1n) is 8.00. The molecule has 0 spiro atoms. The van der Waals surface area contributed by atoms with E-state index in [1.807, 2.05) is 5.43 Å². The highest BCUT2D eigenvalue weighted by molar-refractivity contribution is 9.11. The van der Waals surface area contributed by atoms with Crippen molar-refractivity contribution in [3.63, 3.8) is 0 Å². The molecule has 0 fully saturated rings. The zero-order valence-corrected chi connectivity index (χ0v) is 18.5. The van der Waals surface area contributed by atoms with E-state index in [2.05, 4.69) is 42.1 Å². The molecule has 1 aromatic heterocycles. The van der Waals surface area contributed by atoms with E-state index >= 15 is 0 Å². The van der Waals surface area contributed by atoms with Crippen molar-refractivity contribution in [3.05, 3.63) is 73.4 Å². The molecule has 0 saturated heterocycles. The van der Waals surface area contributed by atoms with Crippen LogP contribution in [0.5, 0.6) is 5.75 Å². The van der Waals surface area contributed by atoms with Crippen molar-refractivity contribution in [2.45, 2.75) is 6.18 Å². The van der Waals surface area contributed by atoms with Crippen LogP contribution in [0.1, 0.15) is 21.6 Å². The molecule has 2 N–H and O–H groups in total. The molecule has 0 saturated carbocycles. The summed E-state index contributed by atoms with van der Waals surface area (Å²) < 4.78 is 42.5. The van der Waals surface area contributed by atoms with E-state index in [-0.39, 0.29) is 17.0 Å². The number of halogens is 6. The fraction of sp³-hybridized carbons (Fsp3) is 0.0556. The zero-order chi connectivity index (χ0) is 22.1. The van der Waals surface area contributed by atoms with Gasteiger partial charge in [0.2, 0.25) is 0 Å². The van der Waals surface area contributed by atoms with Crippen LogP contribution in [0.4, 0.5) is 13.2 Å². The highest BCUT2D eigenvalue weighted by Crippen LogP contribution is 2.34. The smallest absolute Gasteiger partial charge is 0.434 e. The van der Waals surface area contributed by atoms with Crippen LogP contribution in [-0.4, -0.2) is 27.0 Å². The van der Waals surface area contributed by atoms with Gasteiger partial charge in [0.1, 0.15) is 5.75 Å².